The van der Waals surface area contributed by atoms with Crippen LogP contribution in [0.15, 0.2) is 18.2 Å². The number of nitriles is 2. The van der Waals surface area contributed by atoms with Gasteiger partial charge < -0.3 is 5.32 Å². The highest BCUT2D eigenvalue weighted by Gasteiger charge is 2.13. The maximum absolute atomic E-state index is 11.4. The molecule has 0 saturated heterocycles. The van der Waals surface area contributed by atoms with Gasteiger partial charge in [0, 0.05) is 17.7 Å². The predicted octanol–water partition coefficient (Wildman–Crippen LogP) is 2.37. The van der Waals surface area contributed by atoms with E-state index in [1.807, 2.05) is 6.92 Å². The third-order valence-corrected chi connectivity index (χ3v) is 2.54. The van der Waals surface area contributed by atoms with E-state index in [0.29, 0.717) is 24.2 Å². The Bertz CT molecular complexity index is 511. The Hall–Kier alpha value is -2.53. The Morgan fingerprint density at radius 3 is 2.50 bits per heavy atom. The minimum atomic E-state index is -0.0951. The van der Waals surface area contributed by atoms with E-state index in [2.05, 4.69) is 5.32 Å². The Morgan fingerprint density at radius 2 is 2.00 bits per heavy atom. The standard InChI is InChI=1S/C13H14N4O/c1-3-10-11(16-13(18)4-2)6-5-7-12(10)17(8-14)9-15/h5-7H,3-4H2,1-2H3,(H,16,18). The molecule has 5 nitrogen and oxygen atoms in total. The summed E-state index contributed by atoms with van der Waals surface area (Å²) < 4.78 is 0. The number of hydrogen-bond donors (Lipinski definition) is 1. The molecule has 1 aromatic carbocycles. The quantitative estimate of drug-likeness (QED) is 0.649. The van der Waals surface area contributed by atoms with Gasteiger partial charge in [-0.3, -0.25) is 4.79 Å². The molecule has 0 saturated carbocycles. The average molecular weight is 242 g/mol. The van der Waals surface area contributed by atoms with Crippen LogP contribution in [0.4, 0.5) is 11.4 Å². The first-order valence-electron chi connectivity index (χ1n) is 5.69. The molecule has 0 aromatic heterocycles. The summed E-state index contributed by atoms with van der Waals surface area (Å²) in [6, 6.07) is 5.16. The Morgan fingerprint density at radius 1 is 1.33 bits per heavy atom. The zero-order valence-electron chi connectivity index (χ0n) is 10.4. The molecule has 18 heavy (non-hydrogen) atoms. The van der Waals surface area contributed by atoms with Crippen molar-refractivity contribution in [2.24, 2.45) is 0 Å². The van der Waals surface area contributed by atoms with E-state index >= 15 is 0 Å². The molecular formula is C13H14N4O. The Balaban J connectivity index is 3.23. The molecule has 0 atom stereocenters. The number of hydrogen-bond acceptors (Lipinski definition) is 4. The van der Waals surface area contributed by atoms with Gasteiger partial charge in [-0.2, -0.15) is 15.4 Å². The van der Waals surface area contributed by atoms with Gasteiger partial charge in [0.15, 0.2) is 12.4 Å². The molecule has 0 aliphatic carbocycles. The van der Waals surface area contributed by atoms with Crippen molar-refractivity contribution in [1.82, 2.24) is 0 Å². The molecule has 0 heterocycles. The number of nitrogens with one attached hydrogen (secondary N) is 1. The molecule has 0 radical (unpaired) electrons. The maximum Gasteiger partial charge on any atom is 0.224 e. The highest BCUT2D eigenvalue weighted by Crippen LogP contribution is 2.27. The van der Waals surface area contributed by atoms with Gasteiger partial charge in [0.05, 0.1) is 5.69 Å². The summed E-state index contributed by atoms with van der Waals surface area (Å²) in [4.78, 5) is 12.3. The van der Waals surface area contributed by atoms with Crippen LogP contribution in [-0.4, -0.2) is 5.91 Å². The van der Waals surface area contributed by atoms with Crippen molar-refractivity contribution in [3.8, 4) is 12.4 Å². The first kappa shape index (κ1) is 13.5. The zero-order chi connectivity index (χ0) is 13.5. The van der Waals surface area contributed by atoms with Gasteiger partial charge in [-0.05, 0) is 18.6 Å². The SMILES string of the molecule is CCC(=O)Nc1cccc(N(C#N)C#N)c1CC. The van der Waals surface area contributed by atoms with E-state index in [1.54, 1.807) is 37.5 Å². The van der Waals surface area contributed by atoms with Gasteiger partial charge in [0.2, 0.25) is 5.91 Å². The van der Waals surface area contributed by atoms with Gasteiger partial charge in [-0.1, -0.05) is 19.9 Å². The molecule has 0 aliphatic heterocycles. The van der Waals surface area contributed by atoms with Crippen LogP contribution < -0.4 is 10.2 Å². The fraction of sp³-hybridized carbons (Fsp3) is 0.308. The molecule has 1 aromatic rings. The number of anilines is 2. The van der Waals surface area contributed by atoms with Crippen molar-refractivity contribution in [2.75, 3.05) is 10.2 Å². The molecule has 1 amide bonds. The van der Waals surface area contributed by atoms with Crippen LogP contribution in [-0.2, 0) is 11.2 Å². The molecular weight excluding hydrogens is 228 g/mol. The summed E-state index contributed by atoms with van der Waals surface area (Å²) in [6.07, 6.45) is 4.60. The maximum atomic E-state index is 11.4. The highest BCUT2D eigenvalue weighted by molar-refractivity contribution is 5.92. The van der Waals surface area contributed by atoms with E-state index in [0.717, 1.165) is 10.5 Å². The second-order valence-corrected chi connectivity index (χ2v) is 3.59. The minimum absolute atomic E-state index is 0.0951. The van der Waals surface area contributed by atoms with Gasteiger partial charge in [0.25, 0.3) is 0 Å². The van der Waals surface area contributed by atoms with Crippen LogP contribution in [0.2, 0.25) is 0 Å². The molecule has 0 bridgehead atoms. The topological polar surface area (TPSA) is 79.9 Å². The van der Waals surface area contributed by atoms with E-state index in [4.69, 9.17) is 10.5 Å². The third kappa shape index (κ3) is 2.78. The number of carbonyl (C=O) groups excluding carboxylic acids is 1. The fourth-order valence-corrected chi connectivity index (χ4v) is 1.64. The normalized spacial score (nSPS) is 9.11. The van der Waals surface area contributed by atoms with Gasteiger partial charge in [-0.25, -0.2) is 0 Å². The van der Waals surface area contributed by atoms with Crippen molar-refractivity contribution in [1.29, 1.82) is 10.5 Å². The van der Waals surface area contributed by atoms with Crippen LogP contribution >= 0.6 is 0 Å². The number of benzene rings is 1. The summed E-state index contributed by atoms with van der Waals surface area (Å²) in [5.74, 6) is -0.0951. The number of rotatable bonds is 4. The Labute approximate surface area is 106 Å². The highest BCUT2D eigenvalue weighted by atomic mass is 16.1. The van der Waals surface area contributed by atoms with Crippen LogP contribution in [0.1, 0.15) is 25.8 Å². The first-order chi connectivity index (χ1) is 8.67. The first-order valence-corrected chi connectivity index (χ1v) is 5.69. The lowest BCUT2D eigenvalue weighted by Gasteiger charge is -2.15. The summed E-state index contributed by atoms with van der Waals surface area (Å²) in [6.45, 7) is 3.68. The molecule has 0 unspecified atom stereocenters. The van der Waals surface area contributed by atoms with Gasteiger partial charge in [-0.15, -0.1) is 0 Å². The van der Waals surface area contributed by atoms with Crippen LogP contribution in [0.3, 0.4) is 0 Å². The van der Waals surface area contributed by atoms with Gasteiger partial charge >= 0.3 is 0 Å². The summed E-state index contributed by atoms with van der Waals surface area (Å²) in [7, 11) is 0. The number of carbonyl (C=O) groups is 1. The molecule has 1 rings (SSSR count). The molecule has 0 spiro atoms. The smallest absolute Gasteiger partial charge is 0.224 e. The lowest BCUT2D eigenvalue weighted by Crippen LogP contribution is -2.15. The second kappa shape index (κ2) is 6.27. The monoisotopic (exact) mass is 242 g/mol. The summed E-state index contributed by atoms with van der Waals surface area (Å²) >= 11 is 0. The van der Waals surface area contributed by atoms with Crippen LogP contribution in [0.5, 0.6) is 0 Å². The lowest BCUT2D eigenvalue weighted by molar-refractivity contribution is -0.115. The largest absolute Gasteiger partial charge is 0.326 e. The van der Waals surface area contributed by atoms with Crippen molar-refractivity contribution in [3.05, 3.63) is 23.8 Å². The second-order valence-electron chi connectivity index (χ2n) is 3.59. The molecule has 1 N–H and O–H groups in total. The van der Waals surface area contributed by atoms with Crippen molar-refractivity contribution >= 4 is 17.3 Å². The average Bonchev–Trinajstić information content (AvgIpc) is 2.40. The van der Waals surface area contributed by atoms with E-state index in [9.17, 15) is 4.79 Å². The summed E-state index contributed by atoms with van der Waals surface area (Å²) in [5.41, 5.74) is 1.94. The van der Waals surface area contributed by atoms with Crippen LogP contribution in [0, 0.1) is 22.9 Å². The lowest BCUT2D eigenvalue weighted by atomic mass is 10.1. The van der Waals surface area contributed by atoms with E-state index < -0.39 is 0 Å². The van der Waals surface area contributed by atoms with E-state index in [1.165, 1.54) is 0 Å². The van der Waals surface area contributed by atoms with E-state index in [-0.39, 0.29) is 5.91 Å². The molecule has 0 fully saturated rings. The van der Waals surface area contributed by atoms with Crippen molar-refractivity contribution in [2.45, 2.75) is 26.7 Å². The van der Waals surface area contributed by atoms with Crippen molar-refractivity contribution in [3.63, 3.8) is 0 Å². The van der Waals surface area contributed by atoms with Gasteiger partial charge in [0.1, 0.15) is 0 Å². The van der Waals surface area contributed by atoms with Crippen molar-refractivity contribution < 1.29 is 4.79 Å². The molecule has 0 aliphatic rings. The molecule has 92 valence electrons. The number of amides is 1. The van der Waals surface area contributed by atoms with Crippen LogP contribution in [0.25, 0.3) is 0 Å². The third-order valence-electron chi connectivity index (χ3n) is 2.54. The fourth-order valence-electron chi connectivity index (χ4n) is 1.64. The minimum Gasteiger partial charge on any atom is -0.326 e. The number of nitrogens with zero attached hydrogens (tertiary/aromatic N) is 3. The zero-order valence-corrected chi connectivity index (χ0v) is 10.4. The summed E-state index contributed by atoms with van der Waals surface area (Å²) in [5, 5.41) is 20.5. The predicted molar refractivity (Wildman–Crippen MR) is 68.4 cm³/mol. The molecule has 5 heteroatoms. The Kier molecular flexibility index (Phi) is 4.71.